The van der Waals surface area contributed by atoms with Gasteiger partial charge in [-0.1, -0.05) is 26.2 Å². The van der Waals surface area contributed by atoms with E-state index >= 15 is 0 Å². The van der Waals surface area contributed by atoms with Gasteiger partial charge in [-0.05, 0) is 61.4 Å². The number of rotatable bonds is 9. The van der Waals surface area contributed by atoms with Gasteiger partial charge < -0.3 is 20.9 Å². The van der Waals surface area contributed by atoms with Crippen LogP contribution in [0, 0.1) is 6.92 Å². The summed E-state index contributed by atoms with van der Waals surface area (Å²) in [6.07, 6.45) is 5.21. The van der Waals surface area contributed by atoms with Crippen LogP contribution in [-0.2, 0) is 0 Å². The summed E-state index contributed by atoms with van der Waals surface area (Å²) in [6, 6.07) is 13.1. The molecular weight excluding hydrogens is 300 g/mol. The van der Waals surface area contributed by atoms with E-state index < -0.39 is 0 Å². The minimum absolute atomic E-state index is 0.325. The molecule has 0 aliphatic rings. The fraction of sp³-hybridized carbons (Fsp3) is 0.400. The number of aryl methyl sites for hydroxylation is 1. The molecule has 0 heterocycles. The van der Waals surface area contributed by atoms with Crippen LogP contribution in [-0.4, -0.2) is 6.29 Å². The van der Waals surface area contributed by atoms with Crippen LogP contribution < -0.4 is 20.9 Å². The summed E-state index contributed by atoms with van der Waals surface area (Å²) in [7, 11) is 0. The molecular formula is C20H28N2O2. The van der Waals surface area contributed by atoms with E-state index in [0.717, 1.165) is 41.3 Å². The lowest BCUT2D eigenvalue weighted by Gasteiger charge is -2.21. The molecule has 0 amide bonds. The van der Waals surface area contributed by atoms with Crippen LogP contribution in [0.4, 0.5) is 11.4 Å². The number of anilines is 2. The highest BCUT2D eigenvalue weighted by molar-refractivity contribution is 5.49. The van der Waals surface area contributed by atoms with Crippen LogP contribution in [0.2, 0.25) is 0 Å². The Bertz CT molecular complexity index is 626. The number of ether oxygens (including phenoxy) is 2. The van der Waals surface area contributed by atoms with Crippen molar-refractivity contribution in [1.29, 1.82) is 0 Å². The van der Waals surface area contributed by atoms with E-state index in [1.165, 1.54) is 19.3 Å². The largest absolute Gasteiger partial charge is 0.455 e. The zero-order valence-corrected chi connectivity index (χ0v) is 14.6. The summed E-state index contributed by atoms with van der Waals surface area (Å²) in [5, 5.41) is 0. The van der Waals surface area contributed by atoms with Gasteiger partial charge in [0.1, 0.15) is 11.5 Å². The van der Waals surface area contributed by atoms with Gasteiger partial charge in [-0.2, -0.15) is 0 Å². The van der Waals surface area contributed by atoms with Gasteiger partial charge in [0.05, 0.1) is 0 Å². The van der Waals surface area contributed by atoms with Gasteiger partial charge in [-0.25, -0.2) is 0 Å². The Hall–Kier alpha value is -2.36. The molecule has 0 fully saturated rings. The van der Waals surface area contributed by atoms with Gasteiger partial charge in [0.25, 0.3) is 0 Å². The third kappa shape index (κ3) is 5.69. The topological polar surface area (TPSA) is 70.5 Å². The average molecular weight is 328 g/mol. The van der Waals surface area contributed by atoms with Crippen LogP contribution in [0.25, 0.3) is 0 Å². The van der Waals surface area contributed by atoms with Gasteiger partial charge in [-0.15, -0.1) is 0 Å². The van der Waals surface area contributed by atoms with Crippen LogP contribution in [0.5, 0.6) is 11.5 Å². The van der Waals surface area contributed by atoms with Crippen LogP contribution in [0.15, 0.2) is 42.5 Å². The van der Waals surface area contributed by atoms with Crippen LogP contribution in [0.1, 0.15) is 44.6 Å². The summed E-state index contributed by atoms with van der Waals surface area (Å²) in [5.74, 6) is 1.54. The molecule has 0 spiro atoms. The molecule has 0 aromatic heterocycles. The second kappa shape index (κ2) is 9.06. The summed E-state index contributed by atoms with van der Waals surface area (Å²) >= 11 is 0. The lowest BCUT2D eigenvalue weighted by molar-refractivity contribution is -0.00245. The number of hydrogen-bond acceptors (Lipinski definition) is 4. The molecule has 0 saturated heterocycles. The normalized spacial score (nSPS) is 11.9. The van der Waals surface area contributed by atoms with Gasteiger partial charge >= 0.3 is 0 Å². The van der Waals surface area contributed by atoms with Crippen molar-refractivity contribution < 1.29 is 9.47 Å². The molecule has 1 atom stereocenters. The monoisotopic (exact) mass is 328 g/mol. The van der Waals surface area contributed by atoms with Crippen molar-refractivity contribution in [1.82, 2.24) is 0 Å². The fourth-order valence-corrected chi connectivity index (χ4v) is 2.45. The number of benzene rings is 2. The molecule has 0 bridgehead atoms. The van der Waals surface area contributed by atoms with Crippen molar-refractivity contribution in [3.8, 4) is 11.5 Å². The molecule has 2 rings (SSSR count). The van der Waals surface area contributed by atoms with Crippen molar-refractivity contribution in [2.45, 2.75) is 52.2 Å². The van der Waals surface area contributed by atoms with Crippen molar-refractivity contribution in [2.24, 2.45) is 0 Å². The maximum atomic E-state index is 6.06. The molecule has 130 valence electrons. The minimum atomic E-state index is -0.325. The lowest BCUT2D eigenvalue weighted by Crippen LogP contribution is -2.24. The molecule has 0 radical (unpaired) electrons. The third-order valence-corrected chi connectivity index (χ3v) is 3.95. The van der Waals surface area contributed by atoms with Crippen molar-refractivity contribution in [3.05, 3.63) is 48.0 Å². The Balaban J connectivity index is 2.03. The highest BCUT2D eigenvalue weighted by atomic mass is 16.7. The molecule has 24 heavy (non-hydrogen) atoms. The van der Waals surface area contributed by atoms with E-state index in [0.29, 0.717) is 0 Å². The van der Waals surface area contributed by atoms with Gasteiger partial charge in [-0.3, -0.25) is 0 Å². The maximum Gasteiger partial charge on any atom is 0.241 e. The van der Waals surface area contributed by atoms with Crippen molar-refractivity contribution >= 4 is 11.4 Å². The summed E-state index contributed by atoms with van der Waals surface area (Å²) < 4.78 is 12.1. The molecule has 4 N–H and O–H groups in total. The molecule has 2 aromatic carbocycles. The zero-order valence-electron chi connectivity index (χ0n) is 14.6. The van der Waals surface area contributed by atoms with E-state index in [1.54, 1.807) is 0 Å². The predicted molar refractivity (Wildman–Crippen MR) is 100 cm³/mol. The highest BCUT2D eigenvalue weighted by Gasteiger charge is 2.13. The third-order valence-electron chi connectivity index (χ3n) is 3.95. The van der Waals surface area contributed by atoms with Gasteiger partial charge in [0.2, 0.25) is 6.29 Å². The first-order chi connectivity index (χ1) is 11.6. The molecule has 2 aromatic rings. The predicted octanol–water partition coefficient (Wildman–Crippen LogP) is 4.91. The summed E-state index contributed by atoms with van der Waals surface area (Å²) in [5.41, 5.74) is 14.1. The maximum absolute atomic E-state index is 6.06. The Kier molecular flexibility index (Phi) is 6.79. The second-order valence-corrected chi connectivity index (χ2v) is 6.10. The standard InChI is InChI=1S/C20H28N2O2/c1-3-4-5-6-7-20(23-17-10-8-16(21)9-11-17)24-18-12-13-19(22)15(2)14-18/h8-14,20H,3-7,21-22H2,1-2H3. The van der Waals surface area contributed by atoms with Crippen molar-refractivity contribution in [3.63, 3.8) is 0 Å². The van der Waals surface area contributed by atoms with E-state index in [2.05, 4.69) is 6.92 Å². The number of unbranched alkanes of at least 4 members (excludes halogenated alkanes) is 3. The Morgan fingerprint density at radius 3 is 2.21 bits per heavy atom. The Labute approximate surface area is 144 Å². The highest BCUT2D eigenvalue weighted by Crippen LogP contribution is 2.23. The first-order valence-electron chi connectivity index (χ1n) is 8.63. The first-order valence-corrected chi connectivity index (χ1v) is 8.63. The zero-order chi connectivity index (χ0) is 17.4. The van der Waals surface area contributed by atoms with Crippen LogP contribution in [0.3, 0.4) is 0 Å². The van der Waals surface area contributed by atoms with Gasteiger partial charge in [0.15, 0.2) is 0 Å². The molecule has 4 heteroatoms. The Morgan fingerprint density at radius 2 is 1.54 bits per heavy atom. The number of hydrogen-bond donors (Lipinski definition) is 2. The van der Waals surface area contributed by atoms with E-state index in [1.807, 2.05) is 49.4 Å². The molecule has 1 unspecified atom stereocenters. The SMILES string of the molecule is CCCCCCC(Oc1ccc(N)cc1)Oc1ccc(N)c(C)c1. The second-order valence-electron chi connectivity index (χ2n) is 6.10. The van der Waals surface area contributed by atoms with E-state index in [4.69, 9.17) is 20.9 Å². The molecule has 0 aliphatic carbocycles. The Morgan fingerprint density at radius 1 is 0.875 bits per heavy atom. The van der Waals surface area contributed by atoms with Crippen LogP contribution >= 0.6 is 0 Å². The quantitative estimate of drug-likeness (QED) is 0.389. The fourth-order valence-electron chi connectivity index (χ4n) is 2.45. The molecule has 0 aliphatic heterocycles. The van der Waals surface area contributed by atoms with Crippen molar-refractivity contribution in [2.75, 3.05) is 11.5 Å². The van der Waals surface area contributed by atoms with E-state index in [-0.39, 0.29) is 6.29 Å². The first kappa shape index (κ1) is 18.0. The molecule has 0 saturated carbocycles. The summed E-state index contributed by atoms with van der Waals surface area (Å²) in [4.78, 5) is 0. The average Bonchev–Trinajstić information content (AvgIpc) is 2.57. The van der Waals surface area contributed by atoms with E-state index in [9.17, 15) is 0 Å². The number of nitrogen functional groups attached to an aromatic ring is 2. The smallest absolute Gasteiger partial charge is 0.241 e. The van der Waals surface area contributed by atoms with Gasteiger partial charge in [0, 0.05) is 17.8 Å². The molecule has 4 nitrogen and oxygen atoms in total. The lowest BCUT2D eigenvalue weighted by atomic mass is 10.1. The number of nitrogens with two attached hydrogens (primary N) is 2. The minimum Gasteiger partial charge on any atom is -0.455 e. The summed E-state index contributed by atoms with van der Waals surface area (Å²) in [6.45, 7) is 4.18.